The fourth-order valence-electron chi connectivity index (χ4n) is 3.56. The smallest absolute Gasteiger partial charge is 0.142 e. The summed E-state index contributed by atoms with van der Waals surface area (Å²) in [6, 6.07) is 22.6. The summed E-state index contributed by atoms with van der Waals surface area (Å²) in [5.74, 6) is 1.42. The molecule has 0 fully saturated rings. The van der Waals surface area contributed by atoms with E-state index in [1.54, 1.807) is 6.07 Å². The number of rotatable bonds is 3. The van der Waals surface area contributed by atoms with Gasteiger partial charge in [-0.25, -0.2) is 4.39 Å². The van der Waals surface area contributed by atoms with E-state index < -0.39 is 0 Å². The summed E-state index contributed by atoms with van der Waals surface area (Å²) in [6.45, 7) is 1.64. The zero-order chi connectivity index (χ0) is 18.2. The number of para-hydroxylation sites is 1. The third-order valence-electron chi connectivity index (χ3n) is 4.80. The van der Waals surface area contributed by atoms with E-state index in [-0.39, 0.29) is 18.2 Å². The summed E-state index contributed by atoms with van der Waals surface area (Å²) in [7, 11) is 0. The molecule has 0 spiro atoms. The van der Waals surface area contributed by atoms with Crippen molar-refractivity contribution < 1.29 is 8.81 Å². The summed E-state index contributed by atoms with van der Waals surface area (Å²) in [5, 5.41) is 4.32. The van der Waals surface area contributed by atoms with E-state index in [2.05, 4.69) is 10.3 Å². The monoisotopic (exact) mass is 392 g/mol. The highest BCUT2D eigenvalue weighted by Gasteiger charge is 2.17. The van der Waals surface area contributed by atoms with Crippen molar-refractivity contribution in [1.29, 1.82) is 0 Å². The molecule has 0 saturated carbocycles. The number of hydrogen-bond acceptors (Lipinski definition) is 3. The van der Waals surface area contributed by atoms with Crippen molar-refractivity contribution in [3.05, 3.63) is 84.2 Å². The predicted octanol–water partition coefficient (Wildman–Crippen LogP) is 5.68. The van der Waals surface area contributed by atoms with Crippen LogP contribution in [-0.2, 0) is 0 Å². The molecule has 0 amide bonds. The van der Waals surface area contributed by atoms with Crippen LogP contribution < -0.4 is 5.32 Å². The van der Waals surface area contributed by atoms with Crippen LogP contribution in [0.15, 0.2) is 82.2 Å². The van der Waals surface area contributed by atoms with Gasteiger partial charge in [-0.2, -0.15) is 0 Å². The van der Waals surface area contributed by atoms with Gasteiger partial charge in [-0.1, -0.05) is 54.6 Å². The van der Waals surface area contributed by atoms with Crippen LogP contribution in [0, 0.1) is 5.82 Å². The summed E-state index contributed by atoms with van der Waals surface area (Å²) >= 11 is 0. The quantitative estimate of drug-likeness (QED) is 0.487. The van der Waals surface area contributed by atoms with Gasteiger partial charge < -0.3 is 9.73 Å². The average molecular weight is 393 g/mol. The zero-order valence-electron chi connectivity index (χ0n) is 15.0. The van der Waals surface area contributed by atoms with E-state index in [0.29, 0.717) is 0 Å². The lowest BCUT2D eigenvalue weighted by atomic mass is 10.0. The largest absolute Gasteiger partial charge is 0.455 e. The number of fused-ring (bicyclic) bond motifs is 1. The van der Waals surface area contributed by atoms with Crippen LogP contribution in [0.3, 0.4) is 0 Å². The van der Waals surface area contributed by atoms with Gasteiger partial charge in [0.2, 0.25) is 0 Å². The lowest BCUT2D eigenvalue weighted by Gasteiger charge is -2.07. The minimum Gasteiger partial charge on any atom is -0.455 e. The fraction of sp³-hybridized carbons (Fsp3) is 0.0870. The second-order valence-corrected chi connectivity index (χ2v) is 6.55. The highest BCUT2D eigenvalue weighted by atomic mass is 35.5. The molecule has 1 aliphatic heterocycles. The zero-order valence-corrected chi connectivity index (χ0v) is 15.8. The molecule has 0 aliphatic carbocycles. The third-order valence-corrected chi connectivity index (χ3v) is 4.80. The van der Waals surface area contributed by atoms with Crippen molar-refractivity contribution in [3.8, 4) is 22.5 Å². The van der Waals surface area contributed by atoms with Gasteiger partial charge in [0.25, 0.3) is 0 Å². The summed E-state index contributed by atoms with van der Waals surface area (Å²) in [4.78, 5) is 4.54. The van der Waals surface area contributed by atoms with Crippen LogP contribution in [-0.4, -0.2) is 18.9 Å². The Hall–Kier alpha value is -3.11. The van der Waals surface area contributed by atoms with Gasteiger partial charge in [0, 0.05) is 28.6 Å². The predicted molar refractivity (Wildman–Crippen MR) is 114 cm³/mol. The van der Waals surface area contributed by atoms with E-state index in [1.165, 1.54) is 12.1 Å². The molecule has 1 N–H and O–H groups in total. The number of nitrogens with one attached hydrogen (secondary N) is 1. The number of hydrogen-bond donors (Lipinski definition) is 1. The first kappa shape index (κ1) is 18.3. The Morgan fingerprint density at radius 2 is 1.64 bits per heavy atom. The maximum absolute atomic E-state index is 13.7. The molecule has 5 rings (SSSR count). The first-order chi connectivity index (χ1) is 13.3. The molecule has 2 heterocycles. The van der Waals surface area contributed by atoms with E-state index in [0.717, 1.165) is 57.9 Å². The van der Waals surface area contributed by atoms with Gasteiger partial charge >= 0.3 is 0 Å². The maximum atomic E-state index is 13.7. The second-order valence-electron chi connectivity index (χ2n) is 6.55. The number of nitrogens with zero attached hydrogens (tertiary/aromatic N) is 1. The van der Waals surface area contributed by atoms with E-state index in [9.17, 15) is 4.39 Å². The first-order valence-corrected chi connectivity index (χ1v) is 8.96. The Labute approximate surface area is 168 Å². The third kappa shape index (κ3) is 3.16. The number of furan rings is 1. The Bertz CT molecular complexity index is 1180. The molecule has 140 valence electrons. The number of aliphatic imine (C=N–C) groups is 1. The van der Waals surface area contributed by atoms with Crippen LogP contribution in [0.1, 0.15) is 5.56 Å². The lowest BCUT2D eigenvalue weighted by molar-refractivity contribution is 0.627. The number of benzene rings is 3. The summed E-state index contributed by atoms with van der Waals surface area (Å²) in [6.07, 6.45) is 0. The van der Waals surface area contributed by atoms with Crippen LogP contribution in [0.4, 0.5) is 4.39 Å². The molecule has 1 aliphatic rings. The molecule has 0 atom stereocenters. The Balaban J connectivity index is 0.00000192. The van der Waals surface area contributed by atoms with Crippen molar-refractivity contribution in [3.63, 3.8) is 0 Å². The van der Waals surface area contributed by atoms with E-state index in [1.807, 2.05) is 54.6 Å². The molecular weight excluding hydrogens is 375 g/mol. The summed E-state index contributed by atoms with van der Waals surface area (Å²) in [5.41, 5.74) is 4.46. The lowest BCUT2D eigenvalue weighted by Crippen LogP contribution is -2.20. The van der Waals surface area contributed by atoms with Gasteiger partial charge in [-0.05, 0) is 23.8 Å². The molecule has 3 nitrogen and oxygen atoms in total. The van der Waals surface area contributed by atoms with E-state index >= 15 is 0 Å². The van der Waals surface area contributed by atoms with Gasteiger partial charge in [-0.3, -0.25) is 4.99 Å². The molecule has 0 bridgehead atoms. The van der Waals surface area contributed by atoms with Crippen molar-refractivity contribution >= 4 is 29.2 Å². The first-order valence-electron chi connectivity index (χ1n) is 8.96. The van der Waals surface area contributed by atoms with Crippen LogP contribution in [0.2, 0.25) is 0 Å². The van der Waals surface area contributed by atoms with Gasteiger partial charge in [-0.15, -0.1) is 12.4 Å². The maximum Gasteiger partial charge on any atom is 0.142 e. The number of amidine groups is 1. The Morgan fingerprint density at radius 1 is 0.857 bits per heavy atom. The van der Waals surface area contributed by atoms with Crippen LogP contribution in [0.25, 0.3) is 33.4 Å². The topological polar surface area (TPSA) is 37.5 Å². The molecule has 28 heavy (non-hydrogen) atoms. The molecule has 4 aromatic rings. The average Bonchev–Trinajstić information content (AvgIpc) is 3.37. The number of halogens is 2. The standard InChI is InChI=1S/C23H17FN2O.ClH/c24-17-7-3-5-15(13-17)18-10-4-6-16-14-21(27-22(16)18)19-8-1-2-9-20(19)23-25-11-12-26-23;/h1-10,13-14H,11-12H2,(H,25,26);1H. The molecule has 0 unspecified atom stereocenters. The molecule has 1 aromatic heterocycles. The van der Waals surface area contributed by atoms with Crippen molar-refractivity contribution in [2.24, 2.45) is 4.99 Å². The highest BCUT2D eigenvalue weighted by molar-refractivity contribution is 6.05. The molecule has 5 heteroatoms. The van der Waals surface area contributed by atoms with Crippen molar-refractivity contribution in [1.82, 2.24) is 5.32 Å². The molecule has 3 aromatic carbocycles. The minimum atomic E-state index is -0.257. The molecular formula is C23H18ClFN2O. The van der Waals surface area contributed by atoms with Gasteiger partial charge in [0.05, 0.1) is 6.54 Å². The Kier molecular flexibility index (Phi) is 4.88. The minimum absolute atomic E-state index is 0. The van der Waals surface area contributed by atoms with Crippen LogP contribution >= 0.6 is 12.4 Å². The van der Waals surface area contributed by atoms with E-state index in [4.69, 9.17) is 4.42 Å². The SMILES string of the molecule is Cl.Fc1cccc(-c2cccc3cc(-c4ccccc4C4=NCCN4)oc23)c1. The normalized spacial score (nSPS) is 13.1. The van der Waals surface area contributed by atoms with Crippen molar-refractivity contribution in [2.45, 2.75) is 0 Å². The van der Waals surface area contributed by atoms with Crippen LogP contribution in [0.5, 0.6) is 0 Å². The van der Waals surface area contributed by atoms with Gasteiger partial charge in [0.1, 0.15) is 23.0 Å². The molecule has 0 radical (unpaired) electrons. The Morgan fingerprint density at radius 3 is 2.43 bits per heavy atom. The fourth-order valence-corrected chi connectivity index (χ4v) is 3.56. The summed E-state index contributed by atoms with van der Waals surface area (Å²) < 4.78 is 20.0. The molecule has 0 saturated heterocycles. The van der Waals surface area contributed by atoms with Gasteiger partial charge in [0.15, 0.2) is 0 Å². The highest BCUT2D eigenvalue weighted by Crippen LogP contribution is 2.36. The second kappa shape index (κ2) is 7.49. The van der Waals surface area contributed by atoms with Crippen molar-refractivity contribution in [2.75, 3.05) is 13.1 Å².